The summed E-state index contributed by atoms with van der Waals surface area (Å²) in [4.78, 5) is 28.6. The predicted molar refractivity (Wildman–Crippen MR) is 60.1 cm³/mol. The Hall–Kier alpha value is -1.89. The molecule has 0 fully saturated rings. The first-order valence-corrected chi connectivity index (χ1v) is 5.43. The second-order valence-corrected chi connectivity index (χ2v) is 3.87. The maximum atomic E-state index is 11.5. The Balaban J connectivity index is 1.85. The van der Waals surface area contributed by atoms with Gasteiger partial charge in [0.15, 0.2) is 0 Å². The molecule has 92 valence electrons. The number of imidazole rings is 1. The Morgan fingerprint density at radius 2 is 2.29 bits per heavy atom. The standard InChI is InChI=1S/C10H15N5O2/c1-11-10(17)13-9(16)7-14-4-5-15-3-2-12-8(15)6-14/h2-3H,4-7H2,1H3,(H2,11,13,16,17). The van der Waals surface area contributed by atoms with Crippen LogP contribution in [0.4, 0.5) is 4.79 Å². The van der Waals surface area contributed by atoms with Gasteiger partial charge in [0.25, 0.3) is 0 Å². The van der Waals surface area contributed by atoms with Gasteiger partial charge in [-0.2, -0.15) is 0 Å². The van der Waals surface area contributed by atoms with Gasteiger partial charge in [0.05, 0.1) is 13.1 Å². The van der Waals surface area contributed by atoms with E-state index in [1.54, 1.807) is 6.20 Å². The van der Waals surface area contributed by atoms with Crippen molar-refractivity contribution in [3.63, 3.8) is 0 Å². The number of nitrogens with zero attached hydrogens (tertiary/aromatic N) is 3. The van der Waals surface area contributed by atoms with Crippen LogP contribution in [0.2, 0.25) is 0 Å². The second-order valence-electron chi connectivity index (χ2n) is 3.87. The SMILES string of the molecule is CNC(=O)NC(=O)CN1CCn2ccnc2C1. The smallest absolute Gasteiger partial charge is 0.321 e. The summed E-state index contributed by atoms with van der Waals surface area (Å²) in [7, 11) is 1.47. The molecule has 0 atom stereocenters. The first-order valence-electron chi connectivity index (χ1n) is 5.43. The first kappa shape index (κ1) is 11.6. The van der Waals surface area contributed by atoms with Crippen molar-refractivity contribution in [2.75, 3.05) is 20.1 Å². The molecule has 0 aromatic carbocycles. The van der Waals surface area contributed by atoms with Gasteiger partial charge in [-0.05, 0) is 0 Å². The number of aromatic nitrogens is 2. The molecule has 0 radical (unpaired) electrons. The van der Waals surface area contributed by atoms with Crippen LogP contribution in [0, 0.1) is 0 Å². The van der Waals surface area contributed by atoms with E-state index < -0.39 is 6.03 Å². The molecule has 17 heavy (non-hydrogen) atoms. The Morgan fingerprint density at radius 3 is 3.06 bits per heavy atom. The van der Waals surface area contributed by atoms with Gasteiger partial charge in [0.2, 0.25) is 5.91 Å². The highest BCUT2D eigenvalue weighted by molar-refractivity contribution is 5.95. The van der Waals surface area contributed by atoms with Crippen LogP contribution in [0.3, 0.4) is 0 Å². The minimum Gasteiger partial charge on any atom is -0.341 e. The van der Waals surface area contributed by atoms with Crippen molar-refractivity contribution >= 4 is 11.9 Å². The molecule has 0 aliphatic carbocycles. The molecule has 0 saturated heterocycles. The number of hydrogen-bond donors (Lipinski definition) is 2. The third-order valence-electron chi connectivity index (χ3n) is 2.67. The normalized spacial score (nSPS) is 15.1. The zero-order valence-corrected chi connectivity index (χ0v) is 9.64. The molecule has 0 unspecified atom stereocenters. The summed E-state index contributed by atoms with van der Waals surface area (Å²) in [5.41, 5.74) is 0. The lowest BCUT2D eigenvalue weighted by molar-refractivity contribution is -0.121. The molecule has 0 bridgehead atoms. The summed E-state index contributed by atoms with van der Waals surface area (Å²) >= 11 is 0. The number of rotatable bonds is 2. The van der Waals surface area contributed by atoms with Crippen LogP contribution in [-0.2, 0) is 17.9 Å². The number of carbonyl (C=O) groups excluding carboxylic acids is 2. The molecule has 0 saturated carbocycles. The molecule has 1 aromatic heterocycles. The maximum absolute atomic E-state index is 11.5. The summed E-state index contributed by atoms with van der Waals surface area (Å²) in [6, 6.07) is -0.478. The number of carbonyl (C=O) groups is 2. The van der Waals surface area contributed by atoms with E-state index >= 15 is 0 Å². The Labute approximate surface area is 98.8 Å². The van der Waals surface area contributed by atoms with Crippen LogP contribution >= 0.6 is 0 Å². The Morgan fingerprint density at radius 1 is 1.47 bits per heavy atom. The average Bonchev–Trinajstić information content (AvgIpc) is 2.75. The third kappa shape index (κ3) is 2.82. The van der Waals surface area contributed by atoms with Gasteiger partial charge in [-0.15, -0.1) is 0 Å². The number of fused-ring (bicyclic) bond motifs is 1. The van der Waals surface area contributed by atoms with Crippen molar-refractivity contribution in [3.05, 3.63) is 18.2 Å². The molecule has 7 nitrogen and oxygen atoms in total. The molecule has 2 rings (SSSR count). The third-order valence-corrected chi connectivity index (χ3v) is 2.67. The molecule has 1 aliphatic rings. The summed E-state index contributed by atoms with van der Waals surface area (Å²) in [5, 5.41) is 4.58. The zero-order valence-electron chi connectivity index (χ0n) is 9.64. The Kier molecular flexibility index (Phi) is 3.38. The number of hydrogen-bond acceptors (Lipinski definition) is 4. The van der Waals surface area contributed by atoms with Crippen LogP contribution < -0.4 is 10.6 Å². The second kappa shape index (κ2) is 4.96. The molecule has 2 N–H and O–H groups in total. The minimum absolute atomic E-state index is 0.209. The molecule has 3 amide bonds. The van der Waals surface area contributed by atoms with Crippen molar-refractivity contribution in [1.29, 1.82) is 0 Å². The monoisotopic (exact) mass is 237 g/mol. The van der Waals surface area contributed by atoms with Crippen LogP contribution in [0.5, 0.6) is 0 Å². The van der Waals surface area contributed by atoms with Crippen LogP contribution in [0.25, 0.3) is 0 Å². The zero-order chi connectivity index (χ0) is 12.3. The fourth-order valence-electron chi connectivity index (χ4n) is 1.79. The summed E-state index contributed by atoms with van der Waals surface area (Å²) in [6.07, 6.45) is 3.68. The van der Waals surface area contributed by atoms with Gasteiger partial charge in [-0.1, -0.05) is 0 Å². The fourth-order valence-corrected chi connectivity index (χ4v) is 1.79. The van der Waals surface area contributed by atoms with Crippen LogP contribution in [0.15, 0.2) is 12.4 Å². The number of amides is 3. The summed E-state index contributed by atoms with van der Waals surface area (Å²) < 4.78 is 2.06. The first-order chi connectivity index (χ1) is 8.19. The highest BCUT2D eigenvalue weighted by Gasteiger charge is 2.19. The quantitative estimate of drug-likeness (QED) is 0.702. The largest absolute Gasteiger partial charge is 0.341 e. The molecule has 7 heteroatoms. The Bertz CT molecular complexity index is 428. The average molecular weight is 237 g/mol. The minimum atomic E-state index is -0.478. The van der Waals surface area contributed by atoms with E-state index in [4.69, 9.17) is 0 Å². The van der Waals surface area contributed by atoms with E-state index in [0.29, 0.717) is 6.54 Å². The van der Waals surface area contributed by atoms with E-state index in [1.807, 2.05) is 11.1 Å². The van der Waals surface area contributed by atoms with Crippen molar-refractivity contribution in [1.82, 2.24) is 25.1 Å². The molecular formula is C10H15N5O2. The van der Waals surface area contributed by atoms with Gasteiger partial charge < -0.3 is 9.88 Å². The molecule has 1 aromatic rings. The molecule has 2 heterocycles. The van der Waals surface area contributed by atoms with E-state index in [-0.39, 0.29) is 12.5 Å². The van der Waals surface area contributed by atoms with Gasteiger partial charge in [-0.3, -0.25) is 15.0 Å². The van der Waals surface area contributed by atoms with Crippen LogP contribution in [-0.4, -0.2) is 46.5 Å². The predicted octanol–water partition coefficient (Wildman–Crippen LogP) is -0.846. The van der Waals surface area contributed by atoms with Gasteiger partial charge in [-0.25, -0.2) is 9.78 Å². The summed E-state index contributed by atoms with van der Waals surface area (Å²) in [5.74, 6) is 0.647. The maximum Gasteiger partial charge on any atom is 0.321 e. The van der Waals surface area contributed by atoms with E-state index in [0.717, 1.165) is 18.9 Å². The number of nitrogens with one attached hydrogen (secondary N) is 2. The van der Waals surface area contributed by atoms with Crippen molar-refractivity contribution in [2.45, 2.75) is 13.1 Å². The van der Waals surface area contributed by atoms with Gasteiger partial charge in [0, 0.05) is 32.5 Å². The summed E-state index contributed by atoms with van der Waals surface area (Å²) in [6.45, 7) is 2.45. The molecule has 0 spiro atoms. The van der Waals surface area contributed by atoms with E-state index in [1.165, 1.54) is 7.05 Å². The van der Waals surface area contributed by atoms with E-state index in [2.05, 4.69) is 20.2 Å². The van der Waals surface area contributed by atoms with Gasteiger partial charge >= 0.3 is 6.03 Å². The van der Waals surface area contributed by atoms with Gasteiger partial charge in [0.1, 0.15) is 5.82 Å². The fraction of sp³-hybridized carbons (Fsp3) is 0.500. The van der Waals surface area contributed by atoms with Crippen LogP contribution in [0.1, 0.15) is 5.82 Å². The lowest BCUT2D eigenvalue weighted by atomic mass is 10.3. The van der Waals surface area contributed by atoms with Crippen molar-refractivity contribution in [3.8, 4) is 0 Å². The lowest BCUT2D eigenvalue weighted by Crippen LogP contribution is -2.45. The van der Waals surface area contributed by atoms with Crippen molar-refractivity contribution < 1.29 is 9.59 Å². The number of urea groups is 1. The van der Waals surface area contributed by atoms with E-state index in [9.17, 15) is 9.59 Å². The topological polar surface area (TPSA) is 79.3 Å². The number of imide groups is 1. The lowest BCUT2D eigenvalue weighted by Gasteiger charge is -2.26. The molecular weight excluding hydrogens is 222 g/mol. The highest BCUT2D eigenvalue weighted by atomic mass is 16.2. The molecule has 1 aliphatic heterocycles. The highest BCUT2D eigenvalue weighted by Crippen LogP contribution is 2.09. The van der Waals surface area contributed by atoms with Crippen molar-refractivity contribution in [2.24, 2.45) is 0 Å².